The molecular weight excluding hydrogens is 617 g/mol. The Balaban J connectivity index is 1.79. The molecule has 5 rings (SSSR count). The zero-order valence-electron chi connectivity index (χ0n) is 30.4. The maximum atomic E-state index is 2.48. The topological polar surface area (TPSA) is 0 Å². The Morgan fingerprint density at radius 2 is 0.391 bits per heavy atom. The van der Waals surface area contributed by atoms with Gasteiger partial charge in [0.05, 0.1) is 32.3 Å². The Morgan fingerprint density at radius 1 is 0.239 bits per heavy atom. The zero-order chi connectivity index (χ0) is 33.7. The highest BCUT2D eigenvalue weighted by Crippen LogP contribution is 2.42. The van der Waals surface area contributed by atoms with E-state index in [4.69, 9.17) is 0 Å². The lowest BCUT2D eigenvalue weighted by Gasteiger charge is -2.22. The number of hydrogen-bond donors (Lipinski definition) is 0. The normalized spacial score (nSPS) is 12.8. The minimum absolute atomic E-state index is 1.28. The van der Waals surface area contributed by atoms with Crippen LogP contribution in [0.4, 0.5) is 0 Å². The number of rotatable bonds is 8. The fourth-order valence-corrected chi connectivity index (χ4v) is 10.8. The van der Waals surface area contributed by atoms with Gasteiger partial charge < -0.3 is 0 Å². The summed E-state index contributed by atoms with van der Waals surface area (Å²) >= 11 is 0. The van der Waals surface area contributed by atoms with Crippen LogP contribution < -0.4 is 20.7 Å². The van der Waals surface area contributed by atoms with Crippen LogP contribution in [-0.4, -0.2) is 32.3 Å². The minimum Gasteiger partial charge on any atom is -0.0656 e. The van der Waals surface area contributed by atoms with E-state index in [9.17, 15) is 0 Å². The van der Waals surface area contributed by atoms with Crippen molar-refractivity contribution in [1.82, 2.24) is 0 Å². The van der Waals surface area contributed by atoms with Crippen LogP contribution in [0.25, 0.3) is 44.5 Å². The molecule has 0 heterocycles. The molecule has 0 nitrogen and oxygen atoms in total. The van der Waals surface area contributed by atoms with E-state index in [0.29, 0.717) is 0 Å². The van der Waals surface area contributed by atoms with Gasteiger partial charge in [-0.25, -0.2) is 0 Å². The molecule has 0 radical (unpaired) electrons. The highest BCUT2D eigenvalue weighted by atomic mass is 28.3. The first-order valence-corrected chi connectivity index (χ1v) is 30.9. The number of hydrogen-bond acceptors (Lipinski definition) is 0. The van der Waals surface area contributed by atoms with Gasteiger partial charge >= 0.3 is 0 Å². The van der Waals surface area contributed by atoms with Crippen molar-refractivity contribution in [1.29, 1.82) is 0 Å². The van der Waals surface area contributed by atoms with Gasteiger partial charge in [-0.1, -0.05) is 196 Å². The summed E-state index contributed by atoms with van der Waals surface area (Å²) in [7, 11) is -5.62. The van der Waals surface area contributed by atoms with Crippen molar-refractivity contribution in [2.45, 2.75) is 78.6 Å². The smallest absolute Gasteiger partial charge is 0.0656 e. The van der Waals surface area contributed by atoms with E-state index >= 15 is 0 Å². The molecule has 0 aliphatic heterocycles. The van der Waals surface area contributed by atoms with Gasteiger partial charge in [0.1, 0.15) is 0 Å². The van der Waals surface area contributed by atoms with Gasteiger partial charge in [0, 0.05) is 0 Å². The van der Waals surface area contributed by atoms with Crippen molar-refractivity contribution < 1.29 is 0 Å². The molecule has 0 saturated carbocycles. The van der Waals surface area contributed by atoms with Crippen LogP contribution in [0.2, 0.25) is 78.6 Å². The first kappa shape index (κ1) is 34.3. The quantitative estimate of drug-likeness (QED) is 0.144. The predicted molar refractivity (Wildman–Crippen MR) is 220 cm³/mol. The van der Waals surface area contributed by atoms with Crippen molar-refractivity contribution in [2.24, 2.45) is 0 Å². The Morgan fingerprint density at radius 3 is 0.522 bits per heavy atom. The van der Waals surface area contributed by atoms with E-state index in [1.165, 1.54) is 65.3 Å². The second kappa shape index (κ2) is 12.5. The van der Waals surface area contributed by atoms with Gasteiger partial charge in [-0.15, -0.1) is 0 Å². The van der Waals surface area contributed by atoms with Crippen LogP contribution >= 0.6 is 0 Å². The third-order valence-corrected chi connectivity index (χ3v) is 17.7. The highest BCUT2D eigenvalue weighted by Gasteiger charge is 2.22. The Hall–Kier alpha value is -3.03. The van der Waals surface area contributed by atoms with Crippen LogP contribution in [0, 0.1) is 0 Å². The van der Waals surface area contributed by atoms with E-state index in [1.807, 2.05) is 0 Å². The van der Waals surface area contributed by atoms with Crippen molar-refractivity contribution in [3.63, 3.8) is 0 Å². The van der Waals surface area contributed by atoms with Crippen molar-refractivity contribution >= 4 is 53.0 Å². The Kier molecular flexibility index (Phi) is 9.35. The van der Waals surface area contributed by atoms with E-state index in [1.54, 1.807) is 0 Å². The van der Waals surface area contributed by atoms with Gasteiger partial charge in [0.25, 0.3) is 0 Å². The predicted octanol–water partition coefficient (Wildman–Crippen LogP) is 10.5. The van der Waals surface area contributed by atoms with E-state index in [0.717, 1.165) is 0 Å². The molecule has 238 valence electrons. The van der Waals surface area contributed by atoms with Crippen molar-refractivity contribution in [2.75, 3.05) is 0 Å². The second-order valence-corrected chi connectivity index (χ2v) is 37.6. The summed E-state index contributed by atoms with van der Waals surface area (Å²) in [5, 5.41) is 5.99. The molecular formula is C42H54Si4. The average Bonchev–Trinajstić information content (AvgIpc) is 2.99. The molecule has 5 aromatic carbocycles. The molecule has 0 atom stereocenters. The molecule has 0 aromatic heterocycles. The SMILES string of the molecule is C[Si](C)(C)c1ccc(-c2cc(-c3ccc([Si](C)(C)C)cc3)c(-c3ccc([Si](C)(C)C)cc3)cc2-c2ccc([Si](C)(C)C)cc2)cc1. The van der Waals surface area contributed by atoms with Crippen LogP contribution in [0.5, 0.6) is 0 Å². The lowest BCUT2D eigenvalue weighted by molar-refractivity contribution is 1.55. The summed E-state index contributed by atoms with van der Waals surface area (Å²) in [6, 6.07) is 42.9. The van der Waals surface area contributed by atoms with E-state index < -0.39 is 32.3 Å². The molecule has 0 bridgehead atoms. The zero-order valence-corrected chi connectivity index (χ0v) is 34.4. The first-order chi connectivity index (χ1) is 21.3. The molecule has 5 aromatic rings. The van der Waals surface area contributed by atoms with Gasteiger partial charge in [0.2, 0.25) is 0 Å². The third-order valence-electron chi connectivity index (χ3n) is 9.41. The van der Waals surface area contributed by atoms with Crippen LogP contribution in [-0.2, 0) is 0 Å². The van der Waals surface area contributed by atoms with E-state index in [2.05, 4.69) is 188 Å². The third kappa shape index (κ3) is 7.57. The van der Waals surface area contributed by atoms with Gasteiger partial charge in [-0.05, 0) is 56.6 Å². The lowest BCUT2D eigenvalue weighted by atomic mass is 9.85. The summed E-state index contributed by atoms with van der Waals surface area (Å²) < 4.78 is 0. The van der Waals surface area contributed by atoms with Crippen LogP contribution in [0.3, 0.4) is 0 Å². The largest absolute Gasteiger partial charge is 0.0775 e. The summed E-state index contributed by atoms with van der Waals surface area (Å²) in [6.07, 6.45) is 0. The van der Waals surface area contributed by atoms with Gasteiger partial charge in [0.15, 0.2) is 0 Å². The monoisotopic (exact) mass is 670 g/mol. The molecule has 4 heteroatoms. The molecule has 0 fully saturated rings. The minimum atomic E-state index is -1.40. The highest BCUT2D eigenvalue weighted by molar-refractivity contribution is 6.90. The maximum absolute atomic E-state index is 2.48. The summed E-state index contributed by atoms with van der Waals surface area (Å²) in [5.41, 5.74) is 10.3. The number of benzene rings is 5. The molecule has 0 unspecified atom stereocenters. The lowest BCUT2D eigenvalue weighted by Crippen LogP contribution is -2.37. The molecule has 0 saturated heterocycles. The Bertz CT molecular complexity index is 1530. The molecule has 0 amide bonds. The molecule has 0 spiro atoms. The van der Waals surface area contributed by atoms with Crippen LogP contribution in [0.15, 0.2) is 109 Å². The van der Waals surface area contributed by atoms with Crippen molar-refractivity contribution in [3.05, 3.63) is 109 Å². The Labute approximate surface area is 284 Å². The average molecular weight is 671 g/mol. The fourth-order valence-electron chi connectivity index (χ4n) is 6.15. The fraction of sp³-hybridized carbons (Fsp3) is 0.286. The van der Waals surface area contributed by atoms with E-state index in [-0.39, 0.29) is 0 Å². The van der Waals surface area contributed by atoms with Gasteiger partial charge in [-0.3, -0.25) is 0 Å². The standard InChI is InChI=1S/C42H54Si4/c1-43(2,3)35-21-13-31(14-22-35)39-29-41(33-17-25-37(26-18-33)45(7,8)9)42(34-19-27-38(28-20-34)46(10,11)12)30-40(39)32-15-23-36(24-16-32)44(4,5)6/h13-30H,1-12H3. The molecule has 0 N–H and O–H groups in total. The first-order valence-electron chi connectivity index (χ1n) is 16.9. The summed E-state index contributed by atoms with van der Waals surface area (Å²) in [6.45, 7) is 29.1. The second-order valence-electron chi connectivity index (χ2n) is 17.3. The molecule has 0 aliphatic carbocycles. The summed E-state index contributed by atoms with van der Waals surface area (Å²) in [4.78, 5) is 0. The maximum Gasteiger partial charge on any atom is 0.0775 e. The molecule has 0 aliphatic rings. The summed E-state index contributed by atoms with van der Waals surface area (Å²) in [5.74, 6) is 0. The van der Waals surface area contributed by atoms with Gasteiger partial charge in [-0.2, -0.15) is 0 Å². The van der Waals surface area contributed by atoms with Crippen LogP contribution in [0.1, 0.15) is 0 Å². The van der Waals surface area contributed by atoms with Crippen molar-refractivity contribution in [3.8, 4) is 44.5 Å². The molecule has 46 heavy (non-hydrogen) atoms.